The summed E-state index contributed by atoms with van der Waals surface area (Å²) in [6, 6.07) is 3.60. The van der Waals surface area contributed by atoms with Gasteiger partial charge in [-0.15, -0.1) is 0 Å². The molecule has 1 aromatic carbocycles. The quantitative estimate of drug-likeness (QED) is 0.598. The maximum absolute atomic E-state index is 11.9. The van der Waals surface area contributed by atoms with Gasteiger partial charge in [0.25, 0.3) is 5.69 Å². The molecule has 19 heavy (non-hydrogen) atoms. The predicted molar refractivity (Wildman–Crippen MR) is 67.9 cm³/mol. The largest absolute Gasteiger partial charge is 0.273 e. The van der Waals surface area contributed by atoms with Crippen LogP contribution in [0.25, 0.3) is 0 Å². The monoisotopic (exact) mass is 308 g/mol. The molecule has 1 rings (SSSR count). The first-order valence-corrected chi connectivity index (χ1v) is 8.38. The molecule has 0 aliphatic carbocycles. The third kappa shape index (κ3) is 3.98. The second-order valence-electron chi connectivity index (χ2n) is 3.84. The molecular formula is C9H12N2O6S2. The van der Waals surface area contributed by atoms with E-state index in [2.05, 4.69) is 0 Å². The number of hydrogen-bond donors (Lipinski definition) is 1. The summed E-state index contributed by atoms with van der Waals surface area (Å²) in [6.07, 6.45) is 0. The molecule has 0 aliphatic heterocycles. The van der Waals surface area contributed by atoms with Crippen molar-refractivity contribution in [3.63, 3.8) is 0 Å². The van der Waals surface area contributed by atoms with Crippen molar-refractivity contribution in [1.82, 2.24) is 0 Å². The number of nitrogens with two attached hydrogens (primary N) is 1. The van der Waals surface area contributed by atoms with Crippen LogP contribution in [-0.4, -0.2) is 33.3 Å². The number of benzene rings is 1. The number of primary sulfonamides is 1. The van der Waals surface area contributed by atoms with Gasteiger partial charge in [0.15, 0.2) is 9.84 Å². The van der Waals surface area contributed by atoms with Crippen molar-refractivity contribution in [2.45, 2.75) is 11.8 Å². The summed E-state index contributed by atoms with van der Waals surface area (Å²) in [6.45, 7) is 1.29. The number of hydrogen-bond acceptors (Lipinski definition) is 6. The van der Waals surface area contributed by atoms with Crippen molar-refractivity contribution in [1.29, 1.82) is 0 Å². The summed E-state index contributed by atoms with van der Waals surface area (Å²) in [5, 5.41) is 15.4. The molecule has 1 aromatic rings. The van der Waals surface area contributed by atoms with E-state index in [4.69, 9.17) is 5.14 Å². The van der Waals surface area contributed by atoms with Gasteiger partial charge in [-0.25, -0.2) is 22.0 Å². The minimum Gasteiger partial charge on any atom is -0.258 e. The van der Waals surface area contributed by atoms with Crippen LogP contribution >= 0.6 is 0 Å². The molecule has 0 atom stereocenters. The molecule has 0 bridgehead atoms. The van der Waals surface area contributed by atoms with Gasteiger partial charge in [-0.2, -0.15) is 0 Å². The maximum atomic E-state index is 11.9. The molecule has 2 N–H and O–H groups in total. The Labute approximate surface area is 110 Å². The van der Waals surface area contributed by atoms with Crippen LogP contribution in [0.2, 0.25) is 0 Å². The van der Waals surface area contributed by atoms with Crippen LogP contribution in [0.5, 0.6) is 0 Å². The number of nitrogens with zero attached hydrogens (tertiary/aromatic N) is 1. The first-order chi connectivity index (χ1) is 8.54. The summed E-state index contributed by atoms with van der Waals surface area (Å²) in [7, 11) is -7.86. The SMILES string of the molecule is Cc1c([N+](=O)[O-])cccc1S(=O)(=O)CCS(N)(=O)=O. The smallest absolute Gasteiger partial charge is 0.258 e. The standard InChI is InChI=1S/C9H12N2O6S2/c1-7-8(11(12)13)3-2-4-9(7)18(14,15)5-6-19(10,16)17/h2-4H,5-6H2,1H3,(H2,10,16,17). The van der Waals surface area contributed by atoms with Crippen LogP contribution in [0, 0.1) is 17.0 Å². The van der Waals surface area contributed by atoms with Crippen LogP contribution in [0.4, 0.5) is 5.69 Å². The van der Waals surface area contributed by atoms with Crippen molar-refractivity contribution < 1.29 is 21.8 Å². The number of rotatable bonds is 5. The number of sulfone groups is 1. The lowest BCUT2D eigenvalue weighted by molar-refractivity contribution is -0.385. The van der Waals surface area contributed by atoms with E-state index in [1.165, 1.54) is 25.1 Å². The van der Waals surface area contributed by atoms with Crippen molar-refractivity contribution in [2.75, 3.05) is 11.5 Å². The molecular weight excluding hydrogens is 296 g/mol. The third-order valence-corrected chi connectivity index (χ3v) is 5.31. The first-order valence-electron chi connectivity index (χ1n) is 5.02. The van der Waals surface area contributed by atoms with Crippen LogP contribution < -0.4 is 5.14 Å². The van der Waals surface area contributed by atoms with Crippen molar-refractivity contribution in [3.8, 4) is 0 Å². The van der Waals surface area contributed by atoms with Gasteiger partial charge in [-0.05, 0) is 13.0 Å². The highest BCUT2D eigenvalue weighted by molar-refractivity contribution is 7.94. The Morgan fingerprint density at radius 3 is 2.26 bits per heavy atom. The molecule has 0 heterocycles. The fourth-order valence-corrected chi connectivity index (χ4v) is 4.36. The lowest BCUT2D eigenvalue weighted by Crippen LogP contribution is -2.23. The van der Waals surface area contributed by atoms with Crippen LogP contribution in [-0.2, 0) is 19.9 Å². The Balaban J connectivity index is 3.23. The van der Waals surface area contributed by atoms with E-state index in [0.29, 0.717) is 0 Å². The predicted octanol–water partition coefficient (Wildman–Crippen LogP) is -0.0346. The highest BCUT2D eigenvalue weighted by atomic mass is 32.2. The topological polar surface area (TPSA) is 137 Å². The first kappa shape index (κ1) is 15.5. The van der Waals surface area contributed by atoms with E-state index in [-0.39, 0.29) is 16.1 Å². The number of nitro groups is 1. The zero-order chi connectivity index (χ0) is 14.8. The molecule has 0 radical (unpaired) electrons. The van der Waals surface area contributed by atoms with Crippen molar-refractivity contribution >= 4 is 25.5 Å². The second kappa shape index (κ2) is 5.23. The van der Waals surface area contributed by atoms with Gasteiger partial charge >= 0.3 is 0 Å². The van der Waals surface area contributed by atoms with Crippen LogP contribution in [0.15, 0.2) is 23.1 Å². The highest BCUT2D eigenvalue weighted by Crippen LogP contribution is 2.25. The Hall–Kier alpha value is -1.52. The second-order valence-corrected chi connectivity index (χ2v) is 7.65. The normalized spacial score (nSPS) is 12.3. The van der Waals surface area contributed by atoms with Gasteiger partial charge in [0, 0.05) is 11.6 Å². The lowest BCUT2D eigenvalue weighted by Gasteiger charge is -2.07. The molecule has 0 spiro atoms. The summed E-state index contributed by atoms with van der Waals surface area (Å²) in [5.41, 5.74) is -0.362. The minimum atomic E-state index is -3.94. The van der Waals surface area contributed by atoms with Gasteiger partial charge in [0.2, 0.25) is 10.0 Å². The molecule has 8 nitrogen and oxygen atoms in total. The molecule has 0 fully saturated rings. The number of nitro benzene ring substituents is 1. The number of sulfonamides is 1. The minimum absolute atomic E-state index is 0.0260. The fourth-order valence-electron chi connectivity index (χ4n) is 1.47. The molecule has 0 aromatic heterocycles. The molecule has 0 unspecified atom stereocenters. The Morgan fingerprint density at radius 2 is 1.79 bits per heavy atom. The molecule has 0 saturated heterocycles. The molecule has 0 amide bonds. The third-order valence-electron chi connectivity index (χ3n) is 2.42. The van der Waals surface area contributed by atoms with Gasteiger partial charge in [-0.1, -0.05) is 6.07 Å². The maximum Gasteiger partial charge on any atom is 0.273 e. The van der Waals surface area contributed by atoms with Gasteiger partial charge < -0.3 is 0 Å². The van der Waals surface area contributed by atoms with E-state index in [1.807, 2.05) is 0 Å². The van der Waals surface area contributed by atoms with E-state index < -0.39 is 36.3 Å². The molecule has 106 valence electrons. The van der Waals surface area contributed by atoms with Gasteiger partial charge in [0.05, 0.1) is 21.3 Å². The van der Waals surface area contributed by atoms with E-state index in [9.17, 15) is 26.9 Å². The van der Waals surface area contributed by atoms with Crippen molar-refractivity contribution in [2.24, 2.45) is 5.14 Å². The Bertz CT molecular complexity index is 708. The zero-order valence-corrected chi connectivity index (χ0v) is 11.6. The average molecular weight is 308 g/mol. The summed E-state index contributed by atoms with van der Waals surface area (Å²) >= 11 is 0. The molecule has 0 saturated carbocycles. The van der Waals surface area contributed by atoms with Crippen LogP contribution in [0.3, 0.4) is 0 Å². The summed E-state index contributed by atoms with van der Waals surface area (Å²) in [4.78, 5) is 9.75. The summed E-state index contributed by atoms with van der Waals surface area (Å²) < 4.78 is 45.4. The highest BCUT2D eigenvalue weighted by Gasteiger charge is 2.24. The van der Waals surface area contributed by atoms with E-state index >= 15 is 0 Å². The average Bonchev–Trinajstić information content (AvgIpc) is 2.25. The summed E-state index contributed by atoms with van der Waals surface area (Å²) in [5.74, 6) is -1.45. The van der Waals surface area contributed by atoms with E-state index in [0.717, 1.165) is 0 Å². The van der Waals surface area contributed by atoms with E-state index in [1.54, 1.807) is 0 Å². The van der Waals surface area contributed by atoms with Gasteiger partial charge in [0.1, 0.15) is 0 Å². The molecule has 10 heteroatoms. The molecule has 0 aliphatic rings. The van der Waals surface area contributed by atoms with Crippen molar-refractivity contribution in [3.05, 3.63) is 33.9 Å². The van der Waals surface area contributed by atoms with Gasteiger partial charge in [-0.3, -0.25) is 10.1 Å². The lowest BCUT2D eigenvalue weighted by atomic mass is 10.2. The fraction of sp³-hybridized carbons (Fsp3) is 0.333. The Morgan fingerprint density at radius 1 is 1.21 bits per heavy atom. The zero-order valence-electron chi connectivity index (χ0n) is 9.94. The van der Waals surface area contributed by atoms with Crippen LogP contribution in [0.1, 0.15) is 5.56 Å². The Kier molecular flexibility index (Phi) is 4.28.